The van der Waals surface area contributed by atoms with Gasteiger partial charge in [-0.15, -0.1) is 0 Å². The van der Waals surface area contributed by atoms with Crippen LogP contribution in [0.2, 0.25) is 0 Å². The van der Waals surface area contributed by atoms with Crippen LogP contribution in [-0.4, -0.2) is 16.9 Å². The highest BCUT2D eigenvalue weighted by Gasteiger charge is 2.15. The number of anilines is 1. The van der Waals surface area contributed by atoms with Crippen LogP contribution >= 0.6 is 0 Å². The number of hydrogen-bond donors (Lipinski definition) is 3. The summed E-state index contributed by atoms with van der Waals surface area (Å²) in [6, 6.07) is 1.77. The maximum Gasteiger partial charge on any atom is 0.255 e. The van der Waals surface area contributed by atoms with E-state index in [0.717, 1.165) is 0 Å². The van der Waals surface area contributed by atoms with Gasteiger partial charge >= 0.3 is 0 Å². The van der Waals surface area contributed by atoms with Crippen molar-refractivity contribution in [1.82, 2.24) is 10.3 Å². The average Bonchev–Trinajstić information content (AvgIpc) is 2.28. The molecule has 1 aromatic rings. The number of nitrogen functional groups attached to an aromatic ring is 1. The fraction of sp³-hybridized carbons (Fsp3) is 0.455. The van der Waals surface area contributed by atoms with E-state index in [1.807, 2.05) is 6.92 Å². The largest absolute Gasteiger partial charge is 0.349 e. The zero-order valence-corrected chi connectivity index (χ0v) is 9.82. The normalized spacial score (nSPS) is 12.3. The van der Waals surface area contributed by atoms with E-state index in [1.165, 1.54) is 6.20 Å². The molecule has 0 spiro atoms. The Bertz CT molecular complexity index is 365. The highest BCUT2D eigenvalue weighted by molar-refractivity contribution is 5.99. The zero-order valence-electron chi connectivity index (χ0n) is 9.82. The molecule has 5 nitrogen and oxygen atoms in total. The van der Waals surface area contributed by atoms with Crippen LogP contribution in [0.4, 0.5) is 5.69 Å². The lowest BCUT2D eigenvalue weighted by atomic mass is 10.1. The van der Waals surface area contributed by atoms with Crippen LogP contribution < -0.4 is 16.6 Å². The molecule has 5 heteroatoms. The van der Waals surface area contributed by atoms with Crippen molar-refractivity contribution in [3.05, 3.63) is 24.0 Å². The van der Waals surface area contributed by atoms with Crippen LogP contribution in [0.15, 0.2) is 18.5 Å². The van der Waals surface area contributed by atoms with Crippen molar-refractivity contribution in [3.63, 3.8) is 0 Å². The van der Waals surface area contributed by atoms with Crippen molar-refractivity contribution >= 4 is 11.6 Å². The van der Waals surface area contributed by atoms with Crippen LogP contribution in [0, 0.1) is 5.92 Å². The summed E-state index contributed by atoms with van der Waals surface area (Å²) in [4.78, 5) is 15.8. The minimum absolute atomic E-state index is 0.110. The topological polar surface area (TPSA) is 80.0 Å². The predicted molar refractivity (Wildman–Crippen MR) is 63.8 cm³/mol. The summed E-state index contributed by atoms with van der Waals surface area (Å²) in [6.07, 6.45) is 3.08. The molecule has 0 bridgehead atoms. The Morgan fingerprint density at radius 2 is 2.12 bits per heavy atom. The maximum absolute atomic E-state index is 11.9. The number of hydrogen-bond acceptors (Lipinski definition) is 4. The smallest absolute Gasteiger partial charge is 0.255 e. The van der Waals surface area contributed by atoms with Gasteiger partial charge in [0.2, 0.25) is 0 Å². The highest BCUT2D eigenvalue weighted by atomic mass is 16.1. The van der Waals surface area contributed by atoms with Crippen LogP contribution in [0.25, 0.3) is 0 Å². The number of nitrogens with one attached hydrogen (secondary N) is 2. The molecule has 0 radical (unpaired) electrons. The number of aromatic nitrogens is 1. The van der Waals surface area contributed by atoms with Gasteiger partial charge in [-0.05, 0) is 18.9 Å². The molecular weight excluding hydrogens is 204 g/mol. The summed E-state index contributed by atoms with van der Waals surface area (Å²) in [6.45, 7) is 6.07. The SMILES string of the molecule is CC(C)C(C)NC(=O)c1cnccc1NN. The number of nitrogens with two attached hydrogens (primary N) is 1. The lowest BCUT2D eigenvalue weighted by Gasteiger charge is -2.18. The van der Waals surface area contributed by atoms with Crippen LogP contribution in [0.3, 0.4) is 0 Å². The molecular formula is C11H18N4O. The van der Waals surface area contributed by atoms with Crippen molar-refractivity contribution in [2.45, 2.75) is 26.8 Å². The van der Waals surface area contributed by atoms with Crippen LogP contribution in [0.1, 0.15) is 31.1 Å². The standard InChI is InChI=1S/C11H18N4O/c1-7(2)8(3)14-11(16)9-6-13-5-4-10(9)15-12/h4-8H,12H2,1-3H3,(H,13,15)(H,14,16). The van der Waals surface area contributed by atoms with Crippen molar-refractivity contribution in [1.29, 1.82) is 0 Å². The number of pyridine rings is 1. The van der Waals surface area contributed by atoms with Crippen LogP contribution in [-0.2, 0) is 0 Å². The van der Waals surface area contributed by atoms with Gasteiger partial charge in [0, 0.05) is 18.4 Å². The van der Waals surface area contributed by atoms with E-state index < -0.39 is 0 Å². The molecule has 0 saturated heterocycles. The van der Waals surface area contributed by atoms with Gasteiger partial charge in [0.25, 0.3) is 5.91 Å². The fourth-order valence-corrected chi connectivity index (χ4v) is 1.15. The quantitative estimate of drug-likeness (QED) is 0.527. The second kappa shape index (κ2) is 5.46. The molecule has 0 fully saturated rings. The Labute approximate surface area is 95.4 Å². The number of carbonyl (C=O) groups excluding carboxylic acids is 1. The third-order valence-corrected chi connectivity index (χ3v) is 2.58. The number of nitrogens with zero attached hydrogens (tertiary/aromatic N) is 1. The maximum atomic E-state index is 11.9. The summed E-state index contributed by atoms with van der Waals surface area (Å²) in [5, 5.41) is 2.90. The Morgan fingerprint density at radius 1 is 1.44 bits per heavy atom. The van der Waals surface area contributed by atoms with Crippen molar-refractivity contribution in [3.8, 4) is 0 Å². The molecule has 4 N–H and O–H groups in total. The third-order valence-electron chi connectivity index (χ3n) is 2.58. The molecule has 0 aromatic carbocycles. The average molecular weight is 222 g/mol. The van der Waals surface area contributed by atoms with E-state index >= 15 is 0 Å². The van der Waals surface area contributed by atoms with E-state index in [2.05, 4.69) is 29.6 Å². The molecule has 1 atom stereocenters. The van der Waals surface area contributed by atoms with Gasteiger partial charge in [0.05, 0.1) is 11.3 Å². The Morgan fingerprint density at radius 3 is 2.69 bits per heavy atom. The Hall–Kier alpha value is -1.62. The first-order valence-corrected chi connectivity index (χ1v) is 5.27. The number of amides is 1. The molecule has 88 valence electrons. The van der Waals surface area contributed by atoms with E-state index in [0.29, 0.717) is 17.2 Å². The molecule has 1 heterocycles. The number of hydrazine groups is 1. The Kier molecular flexibility index (Phi) is 4.25. The lowest BCUT2D eigenvalue weighted by molar-refractivity contribution is 0.0931. The summed E-state index contributed by atoms with van der Waals surface area (Å²) in [5.74, 6) is 5.54. The zero-order chi connectivity index (χ0) is 12.1. The molecule has 0 aliphatic heterocycles. The number of rotatable bonds is 4. The van der Waals surface area contributed by atoms with E-state index in [9.17, 15) is 4.79 Å². The second-order valence-corrected chi connectivity index (χ2v) is 4.07. The molecule has 1 amide bonds. The van der Waals surface area contributed by atoms with Crippen molar-refractivity contribution < 1.29 is 4.79 Å². The first-order valence-electron chi connectivity index (χ1n) is 5.27. The molecule has 1 rings (SSSR count). The number of carbonyl (C=O) groups is 1. The van der Waals surface area contributed by atoms with Gasteiger partial charge in [0.1, 0.15) is 0 Å². The van der Waals surface area contributed by atoms with Gasteiger partial charge in [-0.1, -0.05) is 13.8 Å². The molecule has 16 heavy (non-hydrogen) atoms. The first-order chi connectivity index (χ1) is 7.56. The molecule has 1 unspecified atom stereocenters. The molecule has 0 aliphatic carbocycles. The summed E-state index contributed by atoms with van der Waals surface area (Å²) >= 11 is 0. The second-order valence-electron chi connectivity index (χ2n) is 4.07. The van der Waals surface area contributed by atoms with Gasteiger partial charge < -0.3 is 10.7 Å². The van der Waals surface area contributed by atoms with Crippen molar-refractivity contribution in [2.24, 2.45) is 11.8 Å². The van der Waals surface area contributed by atoms with Crippen LogP contribution in [0.5, 0.6) is 0 Å². The van der Waals surface area contributed by atoms with E-state index in [1.54, 1.807) is 12.3 Å². The highest BCUT2D eigenvalue weighted by Crippen LogP contribution is 2.12. The Balaban J connectivity index is 2.80. The minimum atomic E-state index is -0.165. The summed E-state index contributed by atoms with van der Waals surface area (Å²) in [5.41, 5.74) is 3.51. The molecule has 0 aliphatic rings. The van der Waals surface area contributed by atoms with Gasteiger partial charge in [-0.25, -0.2) is 0 Å². The summed E-state index contributed by atoms with van der Waals surface area (Å²) in [7, 11) is 0. The van der Waals surface area contributed by atoms with Crippen molar-refractivity contribution in [2.75, 3.05) is 5.43 Å². The minimum Gasteiger partial charge on any atom is -0.349 e. The third kappa shape index (κ3) is 2.93. The lowest BCUT2D eigenvalue weighted by Crippen LogP contribution is -2.36. The van der Waals surface area contributed by atoms with Gasteiger partial charge in [-0.3, -0.25) is 15.6 Å². The predicted octanol–water partition coefficient (Wildman–Crippen LogP) is 1.14. The summed E-state index contributed by atoms with van der Waals surface area (Å²) < 4.78 is 0. The fourth-order valence-electron chi connectivity index (χ4n) is 1.15. The molecule has 1 aromatic heterocycles. The monoisotopic (exact) mass is 222 g/mol. The van der Waals surface area contributed by atoms with E-state index in [4.69, 9.17) is 5.84 Å². The molecule has 0 saturated carbocycles. The first kappa shape index (κ1) is 12.4. The van der Waals surface area contributed by atoms with Gasteiger partial charge in [0.15, 0.2) is 0 Å². The van der Waals surface area contributed by atoms with E-state index in [-0.39, 0.29) is 11.9 Å². The van der Waals surface area contributed by atoms with Gasteiger partial charge in [-0.2, -0.15) is 0 Å².